The Balaban J connectivity index is 2.66. The summed E-state index contributed by atoms with van der Waals surface area (Å²) in [5.74, 6) is 2.14. The second-order valence-corrected chi connectivity index (χ2v) is 4.24. The highest BCUT2D eigenvalue weighted by Crippen LogP contribution is 2.31. The number of hydrogen-bond donors (Lipinski definition) is 2. The molecule has 1 aliphatic rings. The van der Waals surface area contributed by atoms with Crippen molar-refractivity contribution in [2.24, 2.45) is 5.92 Å². The maximum absolute atomic E-state index is 11.1. The Morgan fingerprint density at radius 1 is 1.79 bits per heavy atom. The third-order valence-corrected chi connectivity index (χ3v) is 2.90. The number of carbonyl (C=O) groups excluding carboxylic acids is 1. The van der Waals surface area contributed by atoms with Crippen molar-refractivity contribution in [2.75, 3.05) is 6.61 Å². The average Bonchev–Trinajstić information content (AvgIpc) is 2.17. The quantitative estimate of drug-likeness (QED) is 0.636. The van der Waals surface area contributed by atoms with Crippen LogP contribution in [0.1, 0.15) is 32.6 Å². The fraction of sp³-hybridized carbons (Fsp3) is 0.727. The molecule has 1 aliphatic carbocycles. The molecule has 2 atom stereocenters. The SMILES string of the molecule is C#CC(=O)NC1(CO)CCCC(C)C1. The molecular formula is C11H17NO2. The van der Waals surface area contributed by atoms with Gasteiger partial charge >= 0.3 is 0 Å². The molecule has 0 aliphatic heterocycles. The predicted octanol–water partition coefficient (Wildman–Crippen LogP) is 0.677. The summed E-state index contributed by atoms with van der Waals surface area (Å²) < 4.78 is 0. The molecule has 0 aromatic heterocycles. The Kier molecular flexibility index (Phi) is 3.54. The van der Waals surface area contributed by atoms with Gasteiger partial charge in [0.15, 0.2) is 0 Å². The van der Waals surface area contributed by atoms with Crippen LogP contribution in [0, 0.1) is 18.3 Å². The monoisotopic (exact) mass is 195 g/mol. The number of amides is 1. The first kappa shape index (κ1) is 11.1. The fourth-order valence-electron chi connectivity index (χ4n) is 2.23. The molecule has 1 amide bonds. The summed E-state index contributed by atoms with van der Waals surface area (Å²) in [5.41, 5.74) is -0.471. The van der Waals surface area contributed by atoms with Crippen molar-refractivity contribution in [3.05, 3.63) is 0 Å². The Bertz CT molecular complexity index is 257. The molecule has 0 spiro atoms. The molecule has 3 nitrogen and oxygen atoms in total. The smallest absolute Gasteiger partial charge is 0.296 e. The van der Waals surface area contributed by atoms with E-state index >= 15 is 0 Å². The van der Waals surface area contributed by atoms with Crippen LogP contribution in [0.2, 0.25) is 0 Å². The van der Waals surface area contributed by atoms with E-state index < -0.39 is 11.4 Å². The van der Waals surface area contributed by atoms with Gasteiger partial charge in [0.05, 0.1) is 12.1 Å². The molecule has 0 heterocycles. The van der Waals surface area contributed by atoms with E-state index in [1.54, 1.807) is 0 Å². The summed E-state index contributed by atoms with van der Waals surface area (Å²) in [4.78, 5) is 11.1. The van der Waals surface area contributed by atoms with Gasteiger partial charge in [-0.1, -0.05) is 19.8 Å². The van der Waals surface area contributed by atoms with Crippen LogP contribution in [0.25, 0.3) is 0 Å². The van der Waals surface area contributed by atoms with E-state index in [9.17, 15) is 9.90 Å². The summed E-state index contributed by atoms with van der Waals surface area (Å²) in [6.45, 7) is 2.11. The summed E-state index contributed by atoms with van der Waals surface area (Å²) in [6, 6.07) is 0. The van der Waals surface area contributed by atoms with Gasteiger partial charge in [0, 0.05) is 0 Å². The molecular weight excluding hydrogens is 178 g/mol. The second-order valence-electron chi connectivity index (χ2n) is 4.24. The minimum absolute atomic E-state index is 0.0231. The first-order valence-electron chi connectivity index (χ1n) is 5.01. The first-order valence-corrected chi connectivity index (χ1v) is 5.01. The largest absolute Gasteiger partial charge is 0.394 e. The number of rotatable bonds is 2. The molecule has 2 unspecified atom stereocenters. The highest BCUT2D eigenvalue weighted by atomic mass is 16.3. The number of carbonyl (C=O) groups is 1. The number of aliphatic hydroxyl groups excluding tert-OH is 1. The molecule has 1 rings (SSSR count). The Morgan fingerprint density at radius 2 is 2.50 bits per heavy atom. The molecule has 1 saturated carbocycles. The third-order valence-electron chi connectivity index (χ3n) is 2.90. The summed E-state index contributed by atoms with van der Waals surface area (Å²) in [5, 5.41) is 12.1. The molecule has 3 heteroatoms. The maximum atomic E-state index is 11.1. The molecule has 78 valence electrons. The molecule has 0 aromatic rings. The molecule has 0 aromatic carbocycles. The number of aliphatic hydroxyl groups is 1. The molecule has 0 bridgehead atoms. The van der Waals surface area contributed by atoms with Crippen LogP contribution in [-0.4, -0.2) is 23.2 Å². The lowest BCUT2D eigenvalue weighted by Crippen LogP contribution is -2.53. The van der Waals surface area contributed by atoms with Gasteiger partial charge in [0.2, 0.25) is 0 Å². The van der Waals surface area contributed by atoms with Crippen LogP contribution < -0.4 is 5.32 Å². The van der Waals surface area contributed by atoms with Crippen LogP contribution in [-0.2, 0) is 4.79 Å². The van der Waals surface area contributed by atoms with E-state index in [-0.39, 0.29) is 6.61 Å². The Labute approximate surface area is 84.9 Å². The highest BCUT2D eigenvalue weighted by molar-refractivity contribution is 5.93. The zero-order valence-electron chi connectivity index (χ0n) is 8.55. The van der Waals surface area contributed by atoms with Crippen LogP contribution in [0.4, 0.5) is 0 Å². The van der Waals surface area contributed by atoms with Crippen molar-refractivity contribution >= 4 is 5.91 Å². The standard InChI is InChI=1S/C11H17NO2/c1-3-10(14)12-11(8-13)6-4-5-9(2)7-11/h1,9,13H,4-8H2,2H3,(H,12,14). The number of hydrogen-bond acceptors (Lipinski definition) is 2. The van der Waals surface area contributed by atoms with Crippen molar-refractivity contribution in [3.8, 4) is 12.3 Å². The number of nitrogens with one attached hydrogen (secondary N) is 1. The van der Waals surface area contributed by atoms with Crippen LogP contribution >= 0.6 is 0 Å². The average molecular weight is 195 g/mol. The Hall–Kier alpha value is -1.01. The Morgan fingerprint density at radius 3 is 3.00 bits per heavy atom. The van der Waals surface area contributed by atoms with Crippen molar-refractivity contribution in [1.29, 1.82) is 0 Å². The van der Waals surface area contributed by atoms with E-state index in [1.165, 1.54) is 0 Å². The van der Waals surface area contributed by atoms with Gasteiger partial charge in [-0.25, -0.2) is 0 Å². The molecule has 0 saturated heterocycles. The number of terminal acetylenes is 1. The lowest BCUT2D eigenvalue weighted by atomic mass is 9.77. The normalized spacial score (nSPS) is 31.9. The van der Waals surface area contributed by atoms with Gasteiger partial charge in [0.25, 0.3) is 5.91 Å². The van der Waals surface area contributed by atoms with E-state index in [0.717, 1.165) is 25.7 Å². The minimum atomic E-state index is -0.471. The summed E-state index contributed by atoms with van der Waals surface area (Å²) in [7, 11) is 0. The first-order chi connectivity index (χ1) is 6.62. The van der Waals surface area contributed by atoms with E-state index in [2.05, 4.69) is 12.2 Å². The summed E-state index contributed by atoms with van der Waals surface area (Å²) >= 11 is 0. The van der Waals surface area contributed by atoms with E-state index in [1.807, 2.05) is 5.92 Å². The van der Waals surface area contributed by atoms with Gasteiger partial charge in [-0.2, -0.15) is 0 Å². The summed E-state index contributed by atoms with van der Waals surface area (Å²) in [6.07, 6.45) is 8.83. The molecule has 14 heavy (non-hydrogen) atoms. The molecule has 1 fully saturated rings. The lowest BCUT2D eigenvalue weighted by Gasteiger charge is -2.38. The topological polar surface area (TPSA) is 49.3 Å². The predicted molar refractivity (Wildman–Crippen MR) is 54.4 cm³/mol. The molecule has 2 N–H and O–H groups in total. The molecule has 0 radical (unpaired) electrons. The highest BCUT2D eigenvalue weighted by Gasteiger charge is 2.35. The minimum Gasteiger partial charge on any atom is -0.394 e. The van der Waals surface area contributed by atoms with E-state index in [4.69, 9.17) is 6.42 Å². The third kappa shape index (κ3) is 2.49. The van der Waals surface area contributed by atoms with Gasteiger partial charge < -0.3 is 10.4 Å². The fourth-order valence-corrected chi connectivity index (χ4v) is 2.23. The van der Waals surface area contributed by atoms with Gasteiger partial charge in [-0.3, -0.25) is 4.79 Å². The zero-order chi connectivity index (χ0) is 10.6. The second kappa shape index (κ2) is 4.47. The van der Waals surface area contributed by atoms with Gasteiger partial charge in [0.1, 0.15) is 0 Å². The zero-order valence-corrected chi connectivity index (χ0v) is 8.55. The van der Waals surface area contributed by atoms with Crippen LogP contribution in [0.15, 0.2) is 0 Å². The van der Waals surface area contributed by atoms with Crippen molar-refractivity contribution < 1.29 is 9.90 Å². The van der Waals surface area contributed by atoms with Crippen molar-refractivity contribution in [1.82, 2.24) is 5.32 Å². The van der Waals surface area contributed by atoms with Crippen molar-refractivity contribution in [2.45, 2.75) is 38.1 Å². The van der Waals surface area contributed by atoms with E-state index in [0.29, 0.717) is 5.92 Å². The lowest BCUT2D eigenvalue weighted by molar-refractivity contribution is -0.118. The van der Waals surface area contributed by atoms with Crippen LogP contribution in [0.5, 0.6) is 0 Å². The maximum Gasteiger partial charge on any atom is 0.296 e. The van der Waals surface area contributed by atoms with Crippen molar-refractivity contribution in [3.63, 3.8) is 0 Å². The van der Waals surface area contributed by atoms with Crippen LogP contribution in [0.3, 0.4) is 0 Å². The van der Waals surface area contributed by atoms with Gasteiger partial charge in [-0.15, -0.1) is 6.42 Å². The van der Waals surface area contributed by atoms with Gasteiger partial charge in [-0.05, 0) is 24.7 Å².